The average Bonchev–Trinajstić information content (AvgIpc) is 3.09. The van der Waals surface area contributed by atoms with Crippen LogP contribution in [0.3, 0.4) is 0 Å². The first-order chi connectivity index (χ1) is 9.70. The van der Waals surface area contributed by atoms with Crippen molar-refractivity contribution in [2.75, 3.05) is 25.6 Å². The number of benzene rings is 1. The fraction of sp³-hybridized carbons (Fsp3) is 0.385. The lowest BCUT2D eigenvalue weighted by Crippen LogP contribution is -2.39. The average molecular weight is 312 g/mol. The Hall–Kier alpha value is -1.21. The van der Waals surface area contributed by atoms with Gasteiger partial charge in [0.2, 0.25) is 5.91 Å². The molecule has 2 N–H and O–H groups in total. The first-order valence-electron chi connectivity index (χ1n) is 6.28. The molecule has 2 unspecified atom stereocenters. The molecule has 20 heavy (non-hydrogen) atoms. The molecule has 1 saturated heterocycles. The fourth-order valence-electron chi connectivity index (χ4n) is 2.34. The van der Waals surface area contributed by atoms with Crippen molar-refractivity contribution < 1.29 is 9.53 Å². The molecule has 0 aliphatic carbocycles. The molecule has 1 fully saturated rings. The minimum Gasteiger partial charge on any atom is -0.379 e. The van der Waals surface area contributed by atoms with Gasteiger partial charge in [-0.05, 0) is 19.2 Å². The second-order valence-electron chi connectivity index (χ2n) is 4.65. The molecule has 0 bridgehead atoms. The summed E-state index contributed by atoms with van der Waals surface area (Å²) in [6, 6.07) is 3.71. The summed E-state index contributed by atoms with van der Waals surface area (Å²) in [6.45, 7) is 0.964. The number of aromatic nitrogens is 1. The van der Waals surface area contributed by atoms with Gasteiger partial charge in [0, 0.05) is 6.04 Å². The van der Waals surface area contributed by atoms with E-state index in [2.05, 4.69) is 15.6 Å². The highest BCUT2D eigenvalue weighted by atomic mass is 35.5. The minimum absolute atomic E-state index is 0.0309. The van der Waals surface area contributed by atoms with Crippen LogP contribution in [0.2, 0.25) is 5.02 Å². The van der Waals surface area contributed by atoms with Crippen molar-refractivity contribution in [3.8, 4) is 0 Å². The molecular weight excluding hydrogens is 298 g/mol. The van der Waals surface area contributed by atoms with E-state index in [9.17, 15) is 4.79 Å². The maximum Gasteiger partial charge on any atom is 0.231 e. The summed E-state index contributed by atoms with van der Waals surface area (Å²) in [4.78, 5) is 16.7. The molecular formula is C13H14ClN3O2S. The van der Waals surface area contributed by atoms with Gasteiger partial charge in [-0.3, -0.25) is 4.79 Å². The van der Waals surface area contributed by atoms with Gasteiger partial charge in [-0.15, -0.1) is 11.3 Å². The van der Waals surface area contributed by atoms with Crippen LogP contribution in [0.5, 0.6) is 0 Å². The van der Waals surface area contributed by atoms with Crippen molar-refractivity contribution in [2.45, 2.75) is 6.04 Å². The Balaban J connectivity index is 1.87. The molecule has 0 saturated carbocycles. The molecule has 0 spiro atoms. The molecule has 0 radical (unpaired) electrons. The lowest BCUT2D eigenvalue weighted by Gasteiger charge is -2.17. The van der Waals surface area contributed by atoms with E-state index >= 15 is 0 Å². The number of thiazole rings is 1. The molecule has 106 valence electrons. The van der Waals surface area contributed by atoms with E-state index in [-0.39, 0.29) is 17.9 Å². The van der Waals surface area contributed by atoms with Crippen LogP contribution >= 0.6 is 22.9 Å². The Kier molecular flexibility index (Phi) is 3.89. The molecule has 1 aromatic heterocycles. The second kappa shape index (κ2) is 5.65. The van der Waals surface area contributed by atoms with E-state index in [1.54, 1.807) is 11.6 Å². The number of halogens is 1. The topological polar surface area (TPSA) is 63.2 Å². The van der Waals surface area contributed by atoms with Crippen molar-refractivity contribution >= 4 is 44.7 Å². The van der Waals surface area contributed by atoms with Crippen LogP contribution in [-0.2, 0) is 9.53 Å². The first-order valence-corrected chi connectivity index (χ1v) is 7.54. The van der Waals surface area contributed by atoms with Crippen molar-refractivity contribution in [3.05, 3.63) is 22.7 Å². The summed E-state index contributed by atoms with van der Waals surface area (Å²) in [5.74, 6) is -0.311. The zero-order valence-electron chi connectivity index (χ0n) is 10.9. The largest absolute Gasteiger partial charge is 0.379 e. The third kappa shape index (κ3) is 2.40. The lowest BCUT2D eigenvalue weighted by atomic mass is 10.0. The van der Waals surface area contributed by atoms with Gasteiger partial charge in [-0.2, -0.15) is 0 Å². The van der Waals surface area contributed by atoms with Crippen molar-refractivity contribution in [2.24, 2.45) is 5.92 Å². The Morgan fingerprint density at radius 1 is 1.50 bits per heavy atom. The van der Waals surface area contributed by atoms with Crippen molar-refractivity contribution in [1.82, 2.24) is 10.3 Å². The van der Waals surface area contributed by atoms with Crippen LogP contribution in [-0.4, -0.2) is 37.2 Å². The summed E-state index contributed by atoms with van der Waals surface area (Å²) < 4.78 is 6.35. The van der Waals surface area contributed by atoms with Gasteiger partial charge in [-0.1, -0.05) is 11.6 Å². The number of fused-ring (bicyclic) bond motifs is 1. The molecule has 1 aliphatic rings. The summed E-state index contributed by atoms with van der Waals surface area (Å²) in [5.41, 5.74) is 3.05. The van der Waals surface area contributed by atoms with Gasteiger partial charge >= 0.3 is 0 Å². The summed E-state index contributed by atoms with van der Waals surface area (Å²) in [7, 11) is 1.83. The summed E-state index contributed by atoms with van der Waals surface area (Å²) in [6.07, 6.45) is 0. The van der Waals surface area contributed by atoms with Gasteiger partial charge in [-0.25, -0.2) is 4.98 Å². The predicted molar refractivity (Wildman–Crippen MR) is 80.4 cm³/mol. The number of rotatable bonds is 3. The Morgan fingerprint density at radius 2 is 2.35 bits per heavy atom. The summed E-state index contributed by atoms with van der Waals surface area (Å²) >= 11 is 7.70. The molecule has 2 aromatic rings. The van der Waals surface area contributed by atoms with E-state index in [1.165, 1.54) is 11.3 Å². The highest BCUT2D eigenvalue weighted by Gasteiger charge is 2.33. The smallest absolute Gasteiger partial charge is 0.231 e. The zero-order chi connectivity index (χ0) is 14.1. The van der Waals surface area contributed by atoms with Gasteiger partial charge in [0.15, 0.2) is 0 Å². The van der Waals surface area contributed by atoms with Gasteiger partial charge in [0.1, 0.15) is 5.52 Å². The Labute approximate surface area is 125 Å². The van der Waals surface area contributed by atoms with E-state index in [0.717, 1.165) is 10.2 Å². The third-order valence-corrected chi connectivity index (χ3v) is 4.60. The fourth-order valence-corrected chi connectivity index (χ4v) is 3.22. The predicted octanol–water partition coefficient (Wildman–Crippen LogP) is 2.12. The highest BCUT2D eigenvalue weighted by molar-refractivity contribution is 7.16. The van der Waals surface area contributed by atoms with Crippen LogP contribution in [0.25, 0.3) is 10.2 Å². The molecule has 5 nitrogen and oxygen atoms in total. The van der Waals surface area contributed by atoms with Gasteiger partial charge in [0.25, 0.3) is 0 Å². The van der Waals surface area contributed by atoms with Gasteiger partial charge < -0.3 is 15.4 Å². The molecule has 1 aromatic carbocycles. The zero-order valence-corrected chi connectivity index (χ0v) is 12.4. The van der Waals surface area contributed by atoms with Crippen LogP contribution in [0, 0.1) is 5.92 Å². The second-order valence-corrected chi connectivity index (χ2v) is 5.94. The Morgan fingerprint density at radius 3 is 3.15 bits per heavy atom. The van der Waals surface area contributed by atoms with E-state index in [1.807, 2.05) is 13.1 Å². The normalized spacial score (nSPS) is 22.3. The molecule has 3 rings (SSSR count). The first kappa shape index (κ1) is 13.8. The van der Waals surface area contributed by atoms with E-state index < -0.39 is 0 Å². The number of nitrogens with one attached hydrogen (secondary N) is 2. The number of anilines is 1. The SMILES string of the molecule is CNC1COCC1C(=O)Nc1c(Cl)ccc2scnc12. The van der Waals surface area contributed by atoms with Crippen LogP contribution in [0.15, 0.2) is 17.6 Å². The van der Waals surface area contributed by atoms with Crippen LogP contribution in [0.1, 0.15) is 0 Å². The molecule has 7 heteroatoms. The number of nitrogens with zero attached hydrogens (tertiary/aromatic N) is 1. The maximum absolute atomic E-state index is 12.4. The van der Waals surface area contributed by atoms with Gasteiger partial charge in [0.05, 0.1) is 40.1 Å². The molecule has 1 aliphatic heterocycles. The maximum atomic E-state index is 12.4. The number of carbonyl (C=O) groups excluding carboxylic acids is 1. The third-order valence-electron chi connectivity index (χ3n) is 3.49. The monoisotopic (exact) mass is 311 g/mol. The number of ether oxygens (including phenoxy) is 1. The number of amides is 1. The summed E-state index contributed by atoms with van der Waals surface area (Å²) in [5, 5.41) is 6.49. The lowest BCUT2D eigenvalue weighted by molar-refractivity contribution is -0.120. The number of hydrogen-bond donors (Lipinski definition) is 2. The number of hydrogen-bond acceptors (Lipinski definition) is 5. The van der Waals surface area contributed by atoms with E-state index in [4.69, 9.17) is 16.3 Å². The van der Waals surface area contributed by atoms with Crippen molar-refractivity contribution in [3.63, 3.8) is 0 Å². The minimum atomic E-state index is -0.218. The van der Waals surface area contributed by atoms with Crippen molar-refractivity contribution in [1.29, 1.82) is 0 Å². The van der Waals surface area contributed by atoms with Crippen LogP contribution in [0.4, 0.5) is 5.69 Å². The standard InChI is InChI=1S/C13H14ClN3O2S/c1-15-9-5-19-4-7(9)13(18)17-11-8(14)2-3-10-12(11)16-6-20-10/h2-3,6-7,9,15H,4-5H2,1H3,(H,17,18). The van der Waals surface area contributed by atoms with Crippen LogP contribution < -0.4 is 10.6 Å². The quantitative estimate of drug-likeness (QED) is 0.911. The molecule has 1 amide bonds. The number of carbonyl (C=O) groups is 1. The van der Waals surface area contributed by atoms with E-state index in [0.29, 0.717) is 23.9 Å². The molecule has 2 heterocycles. The molecule has 2 atom stereocenters. The number of likely N-dealkylation sites (N-methyl/N-ethyl adjacent to an activating group) is 1. The Bertz CT molecular complexity index is 646. The highest BCUT2D eigenvalue weighted by Crippen LogP contribution is 2.32.